The number of hydrogen-bond acceptors (Lipinski definition) is 3. The number of aliphatic imine (C=N–C) groups is 1. The van der Waals surface area contributed by atoms with Gasteiger partial charge in [0.25, 0.3) is 0 Å². The molecule has 2 rings (SSSR count). The Labute approximate surface area is 171 Å². The highest BCUT2D eigenvalue weighted by molar-refractivity contribution is 6.33. The van der Waals surface area contributed by atoms with Crippen LogP contribution in [0.2, 0.25) is 5.02 Å². The number of aryl methyl sites for hydroxylation is 1. The van der Waals surface area contributed by atoms with Crippen molar-refractivity contribution in [2.24, 2.45) is 4.99 Å². The highest BCUT2D eigenvalue weighted by atomic mass is 35.5. The number of carbonyl (C=O) groups excluding carboxylic acids is 1. The van der Waals surface area contributed by atoms with Crippen LogP contribution in [0.3, 0.4) is 0 Å². The molecule has 28 heavy (non-hydrogen) atoms. The van der Waals surface area contributed by atoms with Crippen molar-refractivity contribution >= 4 is 29.2 Å². The van der Waals surface area contributed by atoms with Gasteiger partial charge in [-0.15, -0.1) is 0 Å². The lowest BCUT2D eigenvalue weighted by Crippen LogP contribution is -2.38. The Bertz CT molecular complexity index is 824. The summed E-state index contributed by atoms with van der Waals surface area (Å²) in [4.78, 5) is 16.7. The van der Waals surface area contributed by atoms with Crippen LogP contribution in [0.15, 0.2) is 47.5 Å². The van der Waals surface area contributed by atoms with Gasteiger partial charge in [0.15, 0.2) is 5.96 Å². The lowest BCUT2D eigenvalue weighted by Gasteiger charge is -2.12. The average molecular weight is 403 g/mol. The van der Waals surface area contributed by atoms with E-state index in [9.17, 15) is 4.79 Å². The summed E-state index contributed by atoms with van der Waals surface area (Å²) in [6.07, 6.45) is 0.299. The molecule has 2 aromatic rings. The first-order chi connectivity index (χ1) is 13.5. The lowest BCUT2D eigenvalue weighted by atomic mass is 10.2. The van der Waals surface area contributed by atoms with Gasteiger partial charge in [-0.3, -0.25) is 4.79 Å². The fourth-order valence-corrected chi connectivity index (χ4v) is 2.79. The summed E-state index contributed by atoms with van der Waals surface area (Å²) in [7, 11) is 1.64. The first-order valence-electron chi connectivity index (χ1n) is 9.23. The fourth-order valence-electron chi connectivity index (χ4n) is 2.51. The molecule has 0 unspecified atom stereocenters. The third-order valence-corrected chi connectivity index (χ3v) is 4.25. The predicted molar refractivity (Wildman–Crippen MR) is 115 cm³/mol. The van der Waals surface area contributed by atoms with Crippen LogP contribution in [0.4, 0.5) is 5.69 Å². The van der Waals surface area contributed by atoms with Gasteiger partial charge in [0.05, 0.1) is 24.4 Å². The van der Waals surface area contributed by atoms with Gasteiger partial charge in [0, 0.05) is 19.5 Å². The molecule has 0 radical (unpaired) electrons. The molecule has 0 bridgehead atoms. The number of nitrogens with one attached hydrogen (secondary N) is 3. The smallest absolute Gasteiger partial charge is 0.226 e. The molecule has 0 fully saturated rings. The molecule has 0 spiro atoms. The molecule has 0 aromatic heterocycles. The van der Waals surface area contributed by atoms with Crippen molar-refractivity contribution in [3.63, 3.8) is 0 Å². The van der Waals surface area contributed by atoms with Crippen LogP contribution >= 0.6 is 11.6 Å². The van der Waals surface area contributed by atoms with Gasteiger partial charge < -0.3 is 20.7 Å². The summed E-state index contributed by atoms with van der Waals surface area (Å²) < 4.78 is 5.23. The Morgan fingerprint density at radius 1 is 1.18 bits per heavy atom. The second-order valence-electron chi connectivity index (χ2n) is 6.25. The lowest BCUT2D eigenvalue weighted by molar-refractivity contribution is -0.116. The molecule has 0 aliphatic carbocycles. The molecule has 3 N–H and O–H groups in total. The van der Waals surface area contributed by atoms with E-state index in [0.29, 0.717) is 36.2 Å². The number of guanidine groups is 1. The Hall–Kier alpha value is -2.73. The zero-order chi connectivity index (χ0) is 20.4. The molecule has 6 nitrogen and oxygen atoms in total. The third-order valence-electron chi connectivity index (χ3n) is 3.94. The van der Waals surface area contributed by atoms with Crippen molar-refractivity contribution in [2.45, 2.75) is 26.8 Å². The van der Waals surface area contributed by atoms with E-state index in [-0.39, 0.29) is 5.91 Å². The van der Waals surface area contributed by atoms with Crippen LogP contribution in [0.1, 0.15) is 24.5 Å². The van der Waals surface area contributed by atoms with Gasteiger partial charge in [-0.1, -0.05) is 29.8 Å². The van der Waals surface area contributed by atoms with Crippen molar-refractivity contribution in [3.05, 3.63) is 58.6 Å². The van der Waals surface area contributed by atoms with Crippen molar-refractivity contribution in [1.82, 2.24) is 10.6 Å². The number of carbonyl (C=O) groups is 1. The number of benzene rings is 2. The van der Waals surface area contributed by atoms with Gasteiger partial charge in [0.1, 0.15) is 5.75 Å². The highest BCUT2D eigenvalue weighted by Crippen LogP contribution is 2.22. The number of methoxy groups -OCH3 is 1. The standard InChI is InChI=1S/C21H27ClN4O2/c1-4-23-21(25-14-16-6-5-7-17(13-16)28-3)24-11-10-20(27)26-19-9-8-15(2)12-18(19)22/h5-9,12-13H,4,10-11,14H2,1-3H3,(H,26,27)(H2,23,24,25). The summed E-state index contributed by atoms with van der Waals surface area (Å²) in [5.74, 6) is 1.35. The first-order valence-corrected chi connectivity index (χ1v) is 9.60. The van der Waals surface area contributed by atoms with Crippen molar-refractivity contribution in [2.75, 3.05) is 25.5 Å². The summed E-state index contributed by atoms with van der Waals surface area (Å²) >= 11 is 6.15. The maximum absolute atomic E-state index is 12.2. The van der Waals surface area contributed by atoms with E-state index in [1.807, 2.05) is 56.3 Å². The number of nitrogens with zero attached hydrogens (tertiary/aromatic N) is 1. The maximum Gasteiger partial charge on any atom is 0.226 e. The molecule has 0 aliphatic heterocycles. The number of anilines is 1. The summed E-state index contributed by atoms with van der Waals surface area (Å²) in [6.45, 7) is 5.65. The fraction of sp³-hybridized carbons (Fsp3) is 0.333. The number of halogens is 1. The monoisotopic (exact) mass is 402 g/mol. The summed E-state index contributed by atoms with van der Waals surface area (Å²) in [5.41, 5.74) is 2.71. The molecule has 2 aromatic carbocycles. The van der Waals surface area contributed by atoms with E-state index in [4.69, 9.17) is 16.3 Å². The minimum atomic E-state index is -0.109. The average Bonchev–Trinajstić information content (AvgIpc) is 2.68. The molecule has 0 saturated heterocycles. The minimum Gasteiger partial charge on any atom is -0.497 e. The summed E-state index contributed by atoms with van der Waals surface area (Å²) in [6, 6.07) is 13.3. The van der Waals surface area contributed by atoms with Crippen molar-refractivity contribution in [1.29, 1.82) is 0 Å². The van der Waals surface area contributed by atoms with Crippen LogP contribution in [0.25, 0.3) is 0 Å². The molecule has 0 heterocycles. The number of amides is 1. The Balaban J connectivity index is 1.85. The molecule has 0 saturated carbocycles. The molecular weight excluding hydrogens is 376 g/mol. The van der Waals surface area contributed by atoms with Crippen LogP contribution in [-0.4, -0.2) is 32.1 Å². The zero-order valence-corrected chi connectivity index (χ0v) is 17.3. The van der Waals surface area contributed by atoms with E-state index in [1.54, 1.807) is 7.11 Å². The van der Waals surface area contributed by atoms with Gasteiger partial charge in [-0.25, -0.2) is 4.99 Å². The molecule has 0 atom stereocenters. The first kappa shape index (κ1) is 21.6. The number of rotatable bonds is 8. The molecule has 0 aliphatic rings. The highest BCUT2D eigenvalue weighted by Gasteiger charge is 2.07. The Kier molecular flexibility index (Phi) is 8.62. The Morgan fingerprint density at radius 2 is 2.00 bits per heavy atom. The normalized spacial score (nSPS) is 11.1. The molecule has 150 valence electrons. The summed E-state index contributed by atoms with van der Waals surface area (Å²) in [5, 5.41) is 9.71. The van der Waals surface area contributed by atoms with Crippen molar-refractivity contribution < 1.29 is 9.53 Å². The number of ether oxygens (including phenoxy) is 1. The van der Waals surface area contributed by atoms with E-state index in [0.717, 1.165) is 23.4 Å². The molecule has 1 amide bonds. The van der Waals surface area contributed by atoms with Crippen LogP contribution in [-0.2, 0) is 11.3 Å². The van der Waals surface area contributed by atoms with Gasteiger partial charge in [0.2, 0.25) is 5.91 Å². The maximum atomic E-state index is 12.2. The predicted octanol–water partition coefficient (Wildman–Crippen LogP) is 3.74. The van der Waals surface area contributed by atoms with Gasteiger partial charge in [-0.2, -0.15) is 0 Å². The Morgan fingerprint density at radius 3 is 2.71 bits per heavy atom. The van der Waals surface area contributed by atoms with E-state index in [1.165, 1.54) is 0 Å². The quantitative estimate of drug-likeness (QED) is 0.464. The van der Waals surface area contributed by atoms with Crippen LogP contribution in [0, 0.1) is 6.92 Å². The second-order valence-corrected chi connectivity index (χ2v) is 6.66. The largest absolute Gasteiger partial charge is 0.497 e. The SMILES string of the molecule is CCNC(=NCc1cccc(OC)c1)NCCC(=O)Nc1ccc(C)cc1Cl. The topological polar surface area (TPSA) is 74.8 Å². The molecule has 7 heteroatoms. The van der Waals surface area contributed by atoms with Crippen molar-refractivity contribution in [3.8, 4) is 5.75 Å². The third kappa shape index (κ3) is 7.12. The van der Waals surface area contributed by atoms with Gasteiger partial charge >= 0.3 is 0 Å². The zero-order valence-electron chi connectivity index (χ0n) is 16.5. The van der Waals surface area contributed by atoms with Crippen LogP contribution < -0.4 is 20.7 Å². The van der Waals surface area contributed by atoms with Crippen LogP contribution in [0.5, 0.6) is 5.75 Å². The minimum absolute atomic E-state index is 0.109. The van der Waals surface area contributed by atoms with E-state index < -0.39 is 0 Å². The number of hydrogen-bond donors (Lipinski definition) is 3. The molecular formula is C21H27ClN4O2. The van der Waals surface area contributed by atoms with E-state index >= 15 is 0 Å². The van der Waals surface area contributed by atoms with Gasteiger partial charge in [-0.05, 0) is 49.2 Å². The second kappa shape index (κ2) is 11.2. The van der Waals surface area contributed by atoms with E-state index in [2.05, 4.69) is 20.9 Å².